The van der Waals surface area contributed by atoms with Crippen LogP contribution >= 0.6 is 11.8 Å². The van der Waals surface area contributed by atoms with Gasteiger partial charge in [0.2, 0.25) is 5.91 Å². The number of aromatic nitrogens is 4. The molecule has 0 unspecified atom stereocenters. The van der Waals surface area contributed by atoms with E-state index < -0.39 is 0 Å². The first kappa shape index (κ1) is 19.7. The van der Waals surface area contributed by atoms with Crippen LogP contribution in [0.3, 0.4) is 0 Å². The monoisotopic (exact) mass is 424 g/mol. The van der Waals surface area contributed by atoms with Crippen molar-refractivity contribution >= 4 is 23.5 Å². The van der Waals surface area contributed by atoms with Crippen LogP contribution in [0.4, 0.5) is 5.82 Å². The third-order valence-electron chi connectivity index (χ3n) is 6.69. The summed E-state index contributed by atoms with van der Waals surface area (Å²) < 4.78 is 4.47. The van der Waals surface area contributed by atoms with Gasteiger partial charge in [0.25, 0.3) is 0 Å². The Hall–Kier alpha value is -2.27. The Kier molecular flexibility index (Phi) is 5.10. The zero-order valence-corrected chi connectivity index (χ0v) is 18.5. The molecule has 1 amide bonds. The molecule has 0 aliphatic heterocycles. The lowest BCUT2D eigenvalue weighted by Gasteiger charge is -2.19. The number of nitriles is 1. The second-order valence-corrected chi connectivity index (χ2v) is 9.85. The van der Waals surface area contributed by atoms with Crippen LogP contribution in [0, 0.1) is 25.2 Å². The third-order valence-corrected chi connectivity index (χ3v) is 7.64. The van der Waals surface area contributed by atoms with Crippen molar-refractivity contribution < 1.29 is 4.79 Å². The van der Waals surface area contributed by atoms with E-state index in [1.807, 2.05) is 6.92 Å². The van der Waals surface area contributed by atoms with E-state index in [-0.39, 0.29) is 11.7 Å². The van der Waals surface area contributed by atoms with Gasteiger partial charge in [-0.1, -0.05) is 24.6 Å². The summed E-state index contributed by atoms with van der Waals surface area (Å²) >= 11 is 1.46. The van der Waals surface area contributed by atoms with E-state index in [2.05, 4.69) is 37.6 Å². The second kappa shape index (κ2) is 7.77. The molecule has 3 saturated carbocycles. The van der Waals surface area contributed by atoms with Gasteiger partial charge < -0.3 is 14.5 Å². The molecule has 3 fully saturated rings. The largest absolute Gasteiger partial charge is 0.327 e. The number of rotatable bonds is 7. The van der Waals surface area contributed by atoms with Crippen LogP contribution in [0.1, 0.15) is 92.0 Å². The van der Waals surface area contributed by atoms with Gasteiger partial charge in [0.1, 0.15) is 17.7 Å². The molecule has 0 aromatic carbocycles. The summed E-state index contributed by atoms with van der Waals surface area (Å²) in [4.78, 5) is 12.9. The molecule has 2 aromatic heterocycles. The van der Waals surface area contributed by atoms with Gasteiger partial charge in [0.15, 0.2) is 5.16 Å². The lowest BCUT2D eigenvalue weighted by Crippen LogP contribution is -2.20. The minimum Gasteiger partial charge on any atom is -0.327 e. The normalized spacial score (nSPS) is 19.2. The number of hydrogen-bond acceptors (Lipinski definition) is 5. The summed E-state index contributed by atoms with van der Waals surface area (Å²) in [7, 11) is 0. The predicted octanol–water partition coefficient (Wildman–Crippen LogP) is 4.63. The maximum absolute atomic E-state index is 12.9. The Labute approximate surface area is 181 Å². The van der Waals surface area contributed by atoms with Gasteiger partial charge in [-0.05, 0) is 57.9 Å². The van der Waals surface area contributed by atoms with E-state index in [0.29, 0.717) is 29.4 Å². The summed E-state index contributed by atoms with van der Waals surface area (Å²) in [6.07, 6.45) is 9.36. The molecule has 0 atom stereocenters. The van der Waals surface area contributed by atoms with Crippen molar-refractivity contribution in [1.29, 1.82) is 5.26 Å². The number of anilines is 1. The quantitative estimate of drug-likeness (QED) is 0.655. The molecule has 0 radical (unpaired) electrons. The van der Waals surface area contributed by atoms with E-state index in [1.165, 1.54) is 50.3 Å². The summed E-state index contributed by atoms with van der Waals surface area (Å²) in [5.74, 6) is 2.52. The van der Waals surface area contributed by atoms with Crippen molar-refractivity contribution in [2.24, 2.45) is 0 Å². The molecule has 158 valence electrons. The number of carbonyl (C=O) groups is 1. The minimum absolute atomic E-state index is 0.0911. The van der Waals surface area contributed by atoms with Crippen molar-refractivity contribution in [2.45, 2.75) is 88.4 Å². The summed E-state index contributed by atoms with van der Waals surface area (Å²) in [6, 6.07) is 3.19. The van der Waals surface area contributed by atoms with Gasteiger partial charge in [-0.25, -0.2) is 0 Å². The van der Waals surface area contributed by atoms with Crippen molar-refractivity contribution in [3.63, 3.8) is 0 Å². The van der Waals surface area contributed by atoms with Crippen LogP contribution in [0.5, 0.6) is 0 Å². The van der Waals surface area contributed by atoms with E-state index in [4.69, 9.17) is 0 Å². The molecule has 0 saturated heterocycles. The fraction of sp³-hybridized carbons (Fsp3) is 0.636. The molecule has 0 spiro atoms. The Morgan fingerprint density at radius 1 is 1.10 bits per heavy atom. The predicted molar refractivity (Wildman–Crippen MR) is 116 cm³/mol. The Balaban J connectivity index is 1.33. The van der Waals surface area contributed by atoms with Crippen molar-refractivity contribution in [3.05, 3.63) is 22.6 Å². The second-order valence-electron chi connectivity index (χ2n) is 8.91. The molecule has 30 heavy (non-hydrogen) atoms. The molecule has 3 aliphatic rings. The zero-order valence-electron chi connectivity index (χ0n) is 17.6. The standard InChI is InChI=1S/C22H28N6OS/c1-13-14(2)27(16-5-3-4-6-16)21(18(13)11-23)24-19(29)12-30-22-26-25-20(15-7-8-15)28(22)17-9-10-17/h15-17H,3-10,12H2,1-2H3,(H,24,29). The molecule has 7 nitrogen and oxygen atoms in total. The highest BCUT2D eigenvalue weighted by Gasteiger charge is 2.36. The van der Waals surface area contributed by atoms with E-state index in [9.17, 15) is 10.1 Å². The van der Waals surface area contributed by atoms with Crippen LogP contribution in [-0.2, 0) is 4.79 Å². The summed E-state index contributed by atoms with van der Waals surface area (Å²) in [6.45, 7) is 4.03. The Bertz CT molecular complexity index is 1020. The van der Waals surface area contributed by atoms with Gasteiger partial charge in [0, 0.05) is 23.7 Å². The Morgan fingerprint density at radius 2 is 1.80 bits per heavy atom. The van der Waals surface area contributed by atoms with Crippen molar-refractivity contribution in [1.82, 2.24) is 19.3 Å². The molecule has 5 rings (SSSR count). The van der Waals surface area contributed by atoms with Gasteiger partial charge in [-0.3, -0.25) is 4.79 Å². The number of carbonyl (C=O) groups excluding carboxylic acids is 1. The van der Waals surface area contributed by atoms with E-state index in [1.54, 1.807) is 0 Å². The molecule has 2 heterocycles. The Morgan fingerprint density at radius 3 is 2.43 bits per heavy atom. The maximum Gasteiger partial charge on any atom is 0.235 e. The maximum atomic E-state index is 12.9. The first-order valence-electron chi connectivity index (χ1n) is 11.1. The van der Waals surface area contributed by atoms with Crippen LogP contribution in [0.25, 0.3) is 0 Å². The lowest BCUT2D eigenvalue weighted by atomic mass is 10.2. The first-order valence-corrected chi connectivity index (χ1v) is 12.1. The molecular formula is C22H28N6OS. The summed E-state index contributed by atoms with van der Waals surface area (Å²) in [5.41, 5.74) is 2.65. The van der Waals surface area contributed by atoms with Crippen LogP contribution in [0.2, 0.25) is 0 Å². The fourth-order valence-corrected chi connectivity index (χ4v) is 5.50. The van der Waals surface area contributed by atoms with E-state index in [0.717, 1.165) is 35.1 Å². The average Bonchev–Trinajstić information content (AvgIpc) is 3.65. The highest BCUT2D eigenvalue weighted by Crippen LogP contribution is 2.46. The van der Waals surface area contributed by atoms with Gasteiger partial charge in [-0.15, -0.1) is 10.2 Å². The van der Waals surface area contributed by atoms with Gasteiger partial charge >= 0.3 is 0 Å². The number of nitrogens with zero attached hydrogens (tertiary/aromatic N) is 5. The smallest absolute Gasteiger partial charge is 0.235 e. The van der Waals surface area contributed by atoms with Crippen LogP contribution in [-0.4, -0.2) is 31.0 Å². The average molecular weight is 425 g/mol. The molecule has 1 N–H and O–H groups in total. The first-order chi connectivity index (χ1) is 14.6. The molecule has 8 heteroatoms. The molecular weight excluding hydrogens is 396 g/mol. The highest BCUT2D eigenvalue weighted by molar-refractivity contribution is 7.99. The fourth-order valence-electron chi connectivity index (χ4n) is 4.69. The number of hydrogen-bond donors (Lipinski definition) is 1. The molecule has 0 bridgehead atoms. The number of thioether (sulfide) groups is 1. The van der Waals surface area contributed by atoms with Crippen molar-refractivity contribution in [2.75, 3.05) is 11.1 Å². The third kappa shape index (κ3) is 3.53. The van der Waals surface area contributed by atoms with Crippen LogP contribution < -0.4 is 5.32 Å². The highest BCUT2D eigenvalue weighted by atomic mass is 32.2. The van der Waals surface area contributed by atoms with Crippen molar-refractivity contribution in [3.8, 4) is 6.07 Å². The van der Waals surface area contributed by atoms with Gasteiger partial charge in [-0.2, -0.15) is 5.26 Å². The topological polar surface area (TPSA) is 88.5 Å². The number of amides is 1. The minimum atomic E-state index is -0.0911. The summed E-state index contributed by atoms with van der Waals surface area (Å²) in [5, 5.41) is 22.5. The zero-order chi connectivity index (χ0) is 20.8. The van der Waals surface area contributed by atoms with Gasteiger partial charge in [0.05, 0.1) is 11.3 Å². The number of nitrogens with one attached hydrogen (secondary N) is 1. The van der Waals surface area contributed by atoms with E-state index >= 15 is 0 Å². The lowest BCUT2D eigenvalue weighted by molar-refractivity contribution is -0.113. The molecule has 3 aliphatic carbocycles. The van der Waals surface area contributed by atoms with Crippen LogP contribution in [0.15, 0.2) is 5.16 Å². The molecule has 2 aromatic rings. The SMILES string of the molecule is Cc1c(C#N)c(NC(=O)CSc2nnc(C3CC3)n2C2CC2)n(C2CCCC2)c1C.